The zero-order valence-electron chi connectivity index (χ0n) is 13.7. The molecule has 1 heterocycles. The Hall–Kier alpha value is -1.49. The average molecular weight is 320 g/mol. The van der Waals surface area contributed by atoms with Gasteiger partial charge in [0.05, 0.1) is 6.61 Å². The summed E-state index contributed by atoms with van der Waals surface area (Å²) in [5.74, 6) is 1.66. The first-order valence-corrected chi connectivity index (χ1v) is 8.57. The molecule has 1 aromatic rings. The van der Waals surface area contributed by atoms with Crippen LogP contribution in [0.5, 0.6) is 5.75 Å². The topological polar surface area (TPSA) is 50.7 Å². The van der Waals surface area contributed by atoms with Crippen molar-refractivity contribution in [3.63, 3.8) is 0 Å². The van der Waals surface area contributed by atoms with Crippen LogP contribution in [0.25, 0.3) is 0 Å². The molecule has 0 saturated heterocycles. The van der Waals surface area contributed by atoms with E-state index in [2.05, 4.69) is 24.2 Å². The molecule has 0 aliphatic carbocycles. The van der Waals surface area contributed by atoms with Crippen LogP contribution in [0, 0.1) is 5.41 Å². The fraction of sp³-hybridized carbons (Fsp3) is 0.529. The fourth-order valence-electron chi connectivity index (χ4n) is 2.16. The molecular formula is C17H24N2O2S. The first kappa shape index (κ1) is 16.9. The van der Waals surface area contributed by atoms with Gasteiger partial charge in [0.15, 0.2) is 11.0 Å². The van der Waals surface area contributed by atoms with Crippen LogP contribution in [0.2, 0.25) is 0 Å². The van der Waals surface area contributed by atoms with Gasteiger partial charge < -0.3 is 10.1 Å². The van der Waals surface area contributed by atoms with Crippen molar-refractivity contribution in [2.75, 3.05) is 19.7 Å². The smallest absolute Gasteiger partial charge is 0.159 e. The number of carbonyl (C=O) groups is 1. The van der Waals surface area contributed by atoms with Crippen LogP contribution < -0.4 is 10.1 Å². The summed E-state index contributed by atoms with van der Waals surface area (Å²) in [5.41, 5.74) is 1.97. The van der Waals surface area contributed by atoms with E-state index in [9.17, 15) is 4.79 Å². The van der Waals surface area contributed by atoms with E-state index in [0.717, 1.165) is 40.9 Å². The van der Waals surface area contributed by atoms with Crippen molar-refractivity contribution in [3.8, 4) is 5.75 Å². The molecule has 1 aliphatic heterocycles. The predicted molar refractivity (Wildman–Crippen MR) is 93.0 cm³/mol. The van der Waals surface area contributed by atoms with Crippen molar-refractivity contribution in [2.24, 2.45) is 10.4 Å². The Morgan fingerprint density at radius 3 is 2.82 bits per heavy atom. The number of hydrogen-bond donors (Lipinski definition) is 1. The molecular weight excluding hydrogens is 296 g/mol. The molecule has 22 heavy (non-hydrogen) atoms. The third kappa shape index (κ3) is 4.50. The summed E-state index contributed by atoms with van der Waals surface area (Å²) < 4.78 is 5.66. The van der Waals surface area contributed by atoms with Crippen LogP contribution in [-0.4, -0.2) is 30.6 Å². The molecule has 120 valence electrons. The first-order chi connectivity index (χ1) is 10.4. The van der Waals surface area contributed by atoms with Gasteiger partial charge in [0, 0.05) is 35.4 Å². The second-order valence-corrected chi connectivity index (χ2v) is 7.20. The number of carbonyl (C=O) groups excluding carboxylic acids is 1. The number of thioether (sulfide) groups is 1. The number of rotatable bonds is 5. The highest BCUT2D eigenvalue weighted by atomic mass is 32.2. The van der Waals surface area contributed by atoms with Gasteiger partial charge >= 0.3 is 0 Å². The number of nitrogens with zero attached hydrogens (tertiary/aromatic N) is 1. The maximum atomic E-state index is 11.6. The maximum absolute atomic E-state index is 11.6. The summed E-state index contributed by atoms with van der Waals surface area (Å²) in [6.45, 7) is 10.3. The Morgan fingerprint density at radius 2 is 2.23 bits per heavy atom. The quantitative estimate of drug-likeness (QED) is 0.844. The van der Waals surface area contributed by atoms with Crippen LogP contribution >= 0.6 is 11.8 Å². The van der Waals surface area contributed by atoms with Crippen LogP contribution in [0.4, 0.5) is 0 Å². The number of ether oxygens (including phenoxy) is 1. The number of ketones is 1. The van der Waals surface area contributed by atoms with Gasteiger partial charge in [-0.25, -0.2) is 0 Å². The van der Waals surface area contributed by atoms with Gasteiger partial charge in [-0.2, -0.15) is 0 Å². The van der Waals surface area contributed by atoms with Gasteiger partial charge in [0.2, 0.25) is 0 Å². The maximum Gasteiger partial charge on any atom is 0.159 e. The molecule has 2 rings (SSSR count). The molecule has 1 N–H and O–H groups in total. The number of benzene rings is 1. The van der Waals surface area contributed by atoms with Gasteiger partial charge in [-0.1, -0.05) is 25.6 Å². The van der Waals surface area contributed by atoms with Crippen molar-refractivity contribution in [2.45, 2.75) is 33.4 Å². The van der Waals surface area contributed by atoms with Crippen LogP contribution in [0.15, 0.2) is 23.2 Å². The highest BCUT2D eigenvalue weighted by Crippen LogP contribution is 2.27. The third-order valence-corrected chi connectivity index (χ3v) is 4.50. The Morgan fingerprint density at radius 1 is 1.45 bits per heavy atom. The Balaban J connectivity index is 2.09. The molecule has 0 fully saturated rings. The lowest BCUT2D eigenvalue weighted by molar-refractivity contribution is 0.101. The SMILES string of the molecule is CCOc1ccc(C(C)=O)cc1CSC1=NCC(C)(C)CN1. The second kappa shape index (κ2) is 7.18. The van der Waals surface area contributed by atoms with E-state index in [4.69, 9.17) is 4.74 Å². The van der Waals surface area contributed by atoms with E-state index >= 15 is 0 Å². The summed E-state index contributed by atoms with van der Waals surface area (Å²) in [6, 6.07) is 5.63. The minimum absolute atomic E-state index is 0.0733. The summed E-state index contributed by atoms with van der Waals surface area (Å²) >= 11 is 1.66. The minimum Gasteiger partial charge on any atom is -0.494 e. The van der Waals surface area contributed by atoms with E-state index in [0.29, 0.717) is 6.61 Å². The van der Waals surface area contributed by atoms with E-state index in [1.807, 2.05) is 25.1 Å². The Kier molecular flexibility index (Phi) is 5.51. The molecule has 0 saturated carbocycles. The van der Waals surface area contributed by atoms with Gasteiger partial charge in [0.25, 0.3) is 0 Å². The largest absolute Gasteiger partial charge is 0.494 e. The molecule has 0 aromatic heterocycles. The summed E-state index contributed by atoms with van der Waals surface area (Å²) in [4.78, 5) is 16.2. The van der Waals surface area contributed by atoms with Crippen LogP contribution in [0.1, 0.15) is 43.6 Å². The van der Waals surface area contributed by atoms with E-state index < -0.39 is 0 Å². The normalized spacial score (nSPS) is 16.6. The first-order valence-electron chi connectivity index (χ1n) is 7.59. The molecule has 1 aliphatic rings. The van der Waals surface area contributed by atoms with Gasteiger partial charge in [-0.05, 0) is 32.0 Å². The van der Waals surface area contributed by atoms with E-state index in [1.165, 1.54) is 0 Å². The molecule has 4 nitrogen and oxygen atoms in total. The van der Waals surface area contributed by atoms with Crippen molar-refractivity contribution in [1.29, 1.82) is 0 Å². The van der Waals surface area contributed by atoms with E-state index in [1.54, 1.807) is 18.7 Å². The molecule has 0 bridgehead atoms. The number of Topliss-reactive ketones (excluding diaryl/α,β-unsaturated/α-hetero) is 1. The summed E-state index contributed by atoms with van der Waals surface area (Å²) in [5, 5.41) is 4.34. The van der Waals surface area contributed by atoms with Crippen molar-refractivity contribution < 1.29 is 9.53 Å². The lowest BCUT2D eigenvalue weighted by atomic mass is 9.93. The zero-order valence-corrected chi connectivity index (χ0v) is 14.5. The molecule has 0 atom stereocenters. The van der Waals surface area contributed by atoms with Crippen molar-refractivity contribution in [3.05, 3.63) is 29.3 Å². The highest BCUT2D eigenvalue weighted by molar-refractivity contribution is 8.13. The standard InChI is InChI=1S/C17H24N2O2S/c1-5-21-15-7-6-13(12(2)20)8-14(15)9-22-16-18-10-17(3,4)11-19-16/h6-8H,5,9-11H2,1-4H3,(H,18,19). The molecule has 0 unspecified atom stereocenters. The zero-order chi connectivity index (χ0) is 16.2. The lowest BCUT2D eigenvalue weighted by Crippen LogP contribution is -2.39. The fourth-order valence-corrected chi connectivity index (χ4v) is 3.01. The average Bonchev–Trinajstić information content (AvgIpc) is 2.47. The third-order valence-electron chi connectivity index (χ3n) is 3.50. The summed E-state index contributed by atoms with van der Waals surface area (Å²) in [7, 11) is 0. The number of nitrogens with one attached hydrogen (secondary N) is 1. The minimum atomic E-state index is 0.0733. The Bertz CT molecular complexity index is 582. The van der Waals surface area contributed by atoms with E-state index in [-0.39, 0.29) is 11.2 Å². The number of amidine groups is 1. The van der Waals surface area contributed by atoms with Crippen LogP contribution in [0.3, 0.4) is 0 Å². The lowest BCUT2D eigenvalue weighted by Gasteiger charge is -2.28. The summed E-state index contributed by atoms with van der Waals surface area (Å²) in [6.07, 6.45) is 0. The van der Waals surface area contributed by atoms with Gasteiger partial charge in [-0.3, -0.25) is 9.79 Å². The van der Waals surface area contributed by atoms with Crippen molar-refractivity contribution in [1.82, 2.24) is 5.32 Å². The van der Waals surface area contributed by atoms with Gasteiger partial charge in [-0.15, -0.1) is 0 Å². The highest BCUT2D eigenvalue weighted by Gasteiger charge is 2.22. The number of aliphatic imine (C=N–C) groups is 1. The number of hydrogen-bond acceptors (Lipinski definition) is 5. The molecule has 1 aromatic carbocycles. The monoisotopic (exact) mass is 320 g/mol. The molecule has 5 heteroatoms. The second-order valence-electron chi connectivity index (χ2n) is 6.24. The van der Waals surface area contributed by atoms with Gasteiger partial charge in [0.1, 0.15) is 5.75 Å². The molecule has 0 radical (unpaired) electrons. The predicted octanol–water partition coefficient (Wildman–Crippen LogP) is 3.51. The van der Waals surface area contributed by atoms with Crippen LogP contribution in [-0.2, 0) is 5.75 Å². The van der Waals surface area contributed by atoms with Crippen molar-refractivity contribution >= 4 is 22.7 Å². The molecule has 0 amide bonds. The Labute approximate surface area is 136 Å². The molecule has 0 spiro atoms.